The molecule has 2 atom stereocenters. The average Bonchev–Trinajstić information content (AvgIpc) is 2.49. The van der Waals surface area contributed by atoms with Crippen LogP contribution >= 0.6 is 11.6 Å². The van der Waals surface area contributed by atoms with Crippen LogP contribution in [0.4, 0.5) is 0 Å². The molecule has 0 radical (unpaired) electrons. The van der Waals surface area contributed by atoms with E-state index in [1.54, 1.807) is 0 Å². The zero-order chi connectivity index (χ0) is 16.8. The summed E-state index contributed by atoms with van der Waals surface area (Å²) in [5.41, 5.74) is 1.27. The van der Waals surface area contributed by atoms with Gasteiger partial charge in [0, 0.05) is 30.1 Å². The van der Waals surface area contributed by atoms with Crippen LogP contribution in [-0.2, 0) is 11.3 Å². The number of benzene rings is 1. The molecule has 1 heterocycles. The lowest BCUT2D eigenvalue weighted by molar-refractivity contribution is -0.126. The first-order valence-corrected chi connectivity index (χ1v) is 9.09. The van der Waals surface area contributed by atoms with Gasteiger partial charge in [0.15, 0.2) is 0 Å². The third-order valence-corrected chi connectivity index (χ3v) is 4.70. The van der Waals surface area contributed by atoms with Crippen molar-refractivity contribution in [2.45, 2.75) is 52.6 Å². The summed E-state index contributed by atoms with van der Waals surface area (Å²) in [5.74, 6) is 0.863. The topological polar surface area (TPSA) is 32.3 Å². The van der Waals surface area contributed by atoms with E-state index in [9.17, 15) is 4.79 Å². The molecule has 1 unspecified atom stereocenters. The van der Waals surface area contributed by atoms with Gasteiger partial charge < -0.3 is 5.32 Å². The third kappa shape index (κ3) is 6.15. The van der Waals surface area contributed by atoms with Crippen molar-refractivity contribution in [2.24, 2.45) is 11.8 Å². The number of nitrogens with one attached hydrogen (secondary N) is 1. The SMILES string of the molecule is CC(C)CC(C)C(=O)N[C@H]1CCCN(Cc2ccc(Cl)cc2)C1. The standard InChI is InChI=1S/C19H29ClN2O/c1-14(2)11-15(3)19(23)21-18-5-4-10-22(13-18)12-16-6-8-17(20)9-7-16/h6-9,14-15,18H,4-5,10-13H2,1-3H3,(H,21,23)/t15?,18-/m0/s1. The van der Waals surface area contributed by atoms with Gasteiger partial charge in [0.1, 0.15) is 0 Å². The van der Waals surface area contributed by atoms with E-state index in [1.165, 1.54) is 5.56 Å². The van der Waals surface area contributed by atoms with Gasteiger partial charge in [-0.15, -0.1) is 0 Å². The summed E-state index contributed by atoms with van der Waals surface area (Å²) in [6, 6.07) is 8.31. The van der Waals surface area contributed by atoms with Crippen LogP contribution in [0.15, 0.2) is 24.3 Å². The largest absolute Gasteiger partial charge is 0.352 e. The quantitative estimate of drug-likeness (QED) is 0.848. The van der Waals surface area contributed by atoms with E-state index >= 15 is 0 Å². The molecular weight excluding hydrogens is 308 g/mol. The van der Waals surface area contributed by atoms with Crippen LogP contribution in [0.2, 0.25) is 5.02 Å². The summed E-state index contributed by atoms with van der Waals surface area (Å²) in [6.45, 7) is 9.31. The molecule has 3 nitrogen and oxygen atoms in total. The van der Waals surface area contributed by atoms with E-state index in [2.05, 4.69) is 36.2 Å². The van der Waals surface area contributed by atoms with Crippen molar-refractivity contribution in [1.82, 2.24) is 10.2 Å². The van der Waals surface area contributed by atoms with Crippen LogP contribution in [0.25, 0.3) is 0 Å². The molecule has 1 aliphatic heterocycles. The molecule has 0 bridgehead atoms. The smallest absolute Gasteiger partial charge is 0.223 e. The van der Waals surface area contributed by atoms with Crippen LogP contribution in [0.3, 0.4) is 0 Å². The van der Waals surface area contributed by atoms with Crippen LogP contribution in [0.5, 0.6) is 0 Å². The summed E-state index contributed by atoms with van der Waals surface area (Å²) in [6.07, 6.45) is 3.17. The predicted octanol–water partition coefficient (Wildman–Crippen LogP) is 4.10. The highest BCUT2D eigenvalue weighted by Gasteiger charge is 2.23. The molecule has 2 rings (SSSR count). The van der Waals surface area contributed by atoms with Gasteiger partial charge in [-0.05, 0) is 49.4 Å². The van der Waals surface area contributed by atoms with Crippen molar-refractivity contribution in [2.75, 3.05) is 13.1 Å². The fourth-order valence-corrected chi connectivity index (χ4v) is 3.45. The number of nitrogens with zero attached hydrogens (tertiary/aromatic N) is 1. The molecule has 1 amide bonds. The highest BCUT2D eigenvalue weighted by molar-refractivity contribution is 6.30. The van der Waals surface area contributed by atoms with Crippen molar-refractivity contribution in [1.29, 1.82) is 0 Å². The first-order chi connectivity index (χ1) is 10.9. The normalized spacial score (nSPS) is 20.5. The van der Waals surface area contributed by atoms with Crippen molar-refractivity contribution >= 4 is 17.5 Å². The number of amides is 1. The Morgan fingerprint density at radius 2 is 2.00 bits per heavy atom. The van der Waals surface area contributed by atoms with E-state index in [1.807, 2.05) is 19.1 Å². The Hall–Kier alpha value is -1.06. The molecular formula is C19H29ClN2O. The molecule has 1 aromatic rings. The third-order valence-electron chi connectivity index (χ3n) is 4.44. The van der Waals surface area contributed by atoms with Crippen LogP contribution in [0, 0.1) is 11.8 Å². The van der Waals surface area contributed by atoms with Crippen molar-refractivity contribution < 1.29 is 4.79 Å². The molecule has 23 heavy (non-hydrogen) atoms. The average molecular weight is 337 g/mol. The lowest BCUT2D eigenvalue weighted by Crippen LogP contribution is -2.48. The first-order valence-electron chi connectivity index (χ1n) is 8.71. The van der Waals surface area contributed by atoms with Gasteiger partial charge in [-0.2, -0.15) is 0 Å². The Morgan fingerprint density at radius 1 is 1.30 bits per heavy atom. The second-order valence-corrected chi connectivity index (χ2v) is 7.68. The molecule has 1 aliphatic rings. The highest BCUT2D eigenvalue weighted by Crippen LogP contribution is 2.17. The van der Waals surface area contributed by atoms with Gasteiger partial charge in [0.05, 0.1) is 0 Å². The fourth-order valence-electron chi connectivity index (χ4n) is 3.32. The van der Waals surface area contributed by atoms with E-state index in [0.29, 0.717) is 5.92 Å². The Morgan fingerprint density at radius 3 is 2.65 bits per heavy atom. The second-order valence-electron chi connectivity index (χ2n) is 7.24. The maximum atomic E-state index is 12.3. The second kappa shape index (κ2) is 8.70. The van der Waals surface area contributed by atoms with Crippen LogP contribution in [-0.4, -0.2) is 29.9 Å². The van der Waals surface area contributed by atoms with Gasteiger partial charge in [0.25, 0.3) is 0 Å². The number of hydrogen-bond donors (Lipinski definition) is 1. The van der Waals surface area contributed by atoms with Crippen molar-refractivity contribution in [3.05, 3.63) is 34.9 Å². The maximum Gasteiger partial charge on any atom is 0.223 e. The minimum atomic E-state index is 0.0987. The van der Waals surface area contributed by atoms with Crippen molar-refractivity contribution in [3.8, 4) is 0 Å². The van der Waals surface area contributed by atoms with Gasteiger partial charge in [-0.3, -0.25) is 9.69 Å². The summed E-state index contributed by atoms with van der Waals surface area (Å²) >= 11 is 5.94. The van der Waals surface area contributed by atoms with Crippen LogP contribution < -0.4 is 5.32 Å². The monoisotopic (exact) mass is 336 g/mol. The van der Waals surface area contributed by atoms with Gasteiger partial charge in [-0.25, -0.2) is 0 Å². The Labute approximate surface area is 145 Å². The first kappa shape index (κ1) is 18.3. The number of likely N-dealkylation sites (tertiary alicyclic amines) is 1. The molecule has 0 aromatic heterocycles. The summed E-state index contributed by atoms with van der Waals surface area (Å²) < 4.78 is 0. The highest BCUT2D eigenvalue weighted by atomic mass is 35.5. The Balaban J connectivity index is 1.83. The van der Waals surface area contributed by atoms with Crippen LogP contribution in [0.1, 0.15) is 45.6 Å². The zero-order valence-corrected chi connectivity index (χ0v) is 15.3. The lowest BCUT2D eigenvalue weighted by atomic mass is 9.97. The number of piperidine rings is 1. The van der Waals surface area contributed by atoms with E-state index < -0.39 is 0 Å². The summed E-state index contributed by atoms with van der Waals surface area (Å²) in [7, 11) is 0. The number of rotatable bonds is 6. The van der Waals surface area contributed by atoms with Gasteiger partial charge in [0.2, 0.25) is 5.91 Å². The van der Waals surface area contributed by atoms with E-state index in [-0.39, 0.29) is 17.9 Å². The molecule has 0 saturated carbocycles. The molecule has 1 saturated heterocycles. The molecule has 128 valence electrons. The minimum absolute atomic E-state index is 0.0987. The molecule has 1 aromatic carbocycles. The Bertz CT molecular complexity index is 501. The summed E-state index contributed by atoms with van der Waals surface area (Å²) in [5, 5.41) is 4.02. The molecule has 0 aliphatic carbocycles. The van der Waals surface area contributed by atoms with Crippen molar-refractivity contribution in [3.63, 3.8) is 0 Å². The lowest BCUT2D eigenvalue weighted by Gasteiger charge is -2.33. The van der Waals surface area contributed by atoms with E-state index in [4.69, 9.17) is 11.6 Å². The number of halogens is 1. The maximum absolute atomic E-state index is 12.3. The number of hydrogen-bond acceptors (Lipinski definition) is 2. The number of carbonyl (C=O) groups is 1. The summed E-state index contributed by atoms with van der Waals surface area (Å²) in [4.78, 5) is 14.7. The predicted molar refractivity (Wildman–Crippen MR) is 96.5 cm³/mol. The van der Waals surface area contributed by atoms with E-state index in [0.717, 1.165) is 43.9 Å². The fraction of sp³-hybridized carbons (Fsp3) is 0.632. The molecule has 0 spiro atoms. The molecule has 1 N–H and O–H groups in total. The minimum Gasteiger partial charge on any atom is -0.352 e. The molecule has 1 fully saturated rings. The zero-order valence-electron chi connectivity index (χ0n) is 14.5. The number of carbonyl (C=O) groups excluding carboxylic acids is 1. The molecule has 4 heteroatoms. The Kier molecular flexibility index (Phi) is 6.91. The van der Waals surface area contributed by atoms with Gasteiger partial charge >= 0.3 is 0 Å². The van der Waals surface area contributed by atoms with Gasteiger partial charge in [-0.1, -0.05) is 44.5 Å².